The van der Waals surface area contributed by atoms with Gasteiger partial charge < -0.3 is 5.32 Å². The predicted octanol–water partition coefficient (Wildman–Crippen LogP) is 3.92. The van der Waals surface area contributed by atoms with Crippen molar-refractivity contribution in [3.8, 4) is 0 Å². The Bertz CT molecular complexity index is 796. The lowest BCUT2D eigenvalue weighted by molar-refractivity contribution is -0.131. The SMILES string of the molecule is Cc1cc(C)cc(CN2C(=O)NC(C)(c3ccc(Cl)cc3)C2=O)c1. The Hall–Kier alpha value is -2.33. The lowest BCUT2D eigenvalue weighted by Gasteiger charge is -2.22. The fourth-order valence-corrected chi connectivity index (χ4v) is 3.29. The topological polar surface area (TPSA) is 49.4 Å². The number of benzene rings is 2. The van der Waals surface area contributed by atoms with Crippen LogP contribution < -0.4 is 5.32 Å². The van der Waals surface area contributed by atoms with Gasteiger partial charge in [-0.3, -0.25) is 9.69 Å². The van der Waals surface area contributed by atoms with Crippen LogP contribution in [0.5, 0.6) is 0 Å². The Balaban J connectivity index is 1.90. The number of rotatable bonds is 3. The van der Waals surface area contributed by atoms with E-state index in [0.717, 1.165) is 16.7 Å². The van der Waals surface area contributed by atoms with Crippen molar-refractivity contribution in [2.45, 2.75) is 32.9 Å². The average molecular weight is 343 g/mol. The molecule has 2 aromatic rings. The lowest BCUT2D eigenvalue weighted by Crippen LogP contribution is -2.40. The van der Waals surface area contributed by atoms with Crippen LogP contribution >= 0.6 is 11.6 Å². The maximum Gasteiger partial charge on any atom is 0.325 e. The molecule has 4 nitrogen and oxygen atoms in total. The van der Waals surface area contributed by atoms with E-state index < -0.39 is 5.54 Å². The summed E-state index contributed by atoms with van der Waals surface area (Å²) in [5.41, 5.74) is 2.81. The molecular weight excluding hydrogens is 324 g/mol. The molecule has 3 rings (SSSR count). The molecule has 1 heterocycles. The van der Waals surface area contributed by atoms with Crippen molar-refractivity contribution in [2.75, 3.05) is 0 Å². The van der Waals surface area contributed by atoms with Gasteiger partial charge in [0.25, 0.3) is 5.91 Å². The molecule has 0 saturated carbocycles. The van der Waals surface area contributed by atoms with Gasteiger partial charge in [0, 0.05) is 5.02 Å². The second kappa shape index (κ2) is 5.95. The fourth-order valence-electron chi connectivity index (χ4n) is 3.16. The third-order valence-corrected chi connectivity index (χ3v) is 4.57. The van der Waals surface area contributed by atoms with Crippen LogP contribution in [0, 0.1) is 13.8 Å². The Morgan fingerprint density at radius 2 is 1.62 bits per heavy atom. The molecule has 0 radical (unpaired) electrons. The molecule has 1 atom stereocenters. The average Bonchev–Trinajstić information content (AvgIpc) is 2.71. The Kier molecular flexibility index (Phi) is 4.10. The van der Waals surface area contributed by atoms with Gasteiger partial charge in [-0.1, -0.05) is 53.1 Å². The molecule has 1 unspecified atom stereocenters. The number of nitrogens with one attached hydrogen (secondary N) is 1. The minimum absolute atomic E-state index is 0.256. The summed E-state index contributed by atoms with van der Waals surface area (Å²) >= 11 is 5.91. The van der Waals surface area contributed by atoms with Gasteiger partial charge in [0.15, 0.2) is 0 Å². The van der Waals surface area contributed by atoms with Crippen LogP contribution in [0.4, 0.5) is 4.79 Å². The number of amides is 3. The zero-order chi connectivity index (χ0) is 17.5. The molecular formula is C19H19ClN2O2. The van der Waals surface area contributed by atoms with Crippen LogP contribution in [0.1, 0.15) is 29.2 Å². The van der Waals surface area contributed by atoms with Crippen LogP contribution in [0.3, 0.4) is 0 Å². The molecule has 3 amide bonds. The standard InChI is InChI=1S/C19H19ClN2O2/c1-12-8-13(2)10-14(9-12)11-22-17(23)19(3,21-18(22)24)15-4-6-16(20)7-5-15/h4-10H,11H2,1-3H3,(H,21,24). The van der Waals surface area contributed by atoms with E-state index in [2.05, 4.69) is 11.4 Å². The van der Waals surface area contributed by atoms with Crippen LogP contribution in [-0.4, -0.2) is 16.8 Å². The van der Waals surface area contributed by atoms with E-state index in [1.54, 1.807) is 31.2 Å². The Labute approximate surface area is 146 Å². The first kappa shape index (κ1) is 16.5. The van der Waals surface area contributed by atoms with Crippen molar-refractivity contribution < 1.29 is 9.59 Å². The second-order valence-electron chi connectivity index (χ2n) is 6.45. The molecule has 24 heavy (non-hydrogen) atoms. The van der Waals surface area contributed by atoms with Crippen molar-refractivity contribution >= 4 is 23.5 Å². The maximum atomic E-state index is 12.9. The fraction of sp³-hybridized carbons (Fsp3) is 0.263. The molecule has 1 aliphatic rings. The first-order chi connectivity index (χ1) is 11.3. The van der Waals surface area contributed by atoms with Crippen molar-refractivity contribution in [2.24, 2.45) is 0 Å². The van der Waals surface area contributed by atoms with Crippen molar-refractivity contribution in [1.82, 2.24) is 10.2 Å². The van der Waals surface area contributed by atoms with E-state index in [0.29, 0.717) is 10.6 Å². The zero-order valence-electron chi connectivity index (χ0n) is 13.9. The van der Waals surface area contributed by atoms with Crippen LogP contribution in [0.25, 0.3) is 0 Å². The molecule has 0 bridgehead atoms. The van der Waals surface area contributed by atoms with Gasteiger partial charge in [0.1, 0.15) is 5.54 Å². The summed E-state index contributed by atoms with van der Waals surface area (Å²) in [5.74, 6) is -0.256. The Morgan fingerprint density at radius 1 is 1.04 bits per heavy atom. The summed E-state index contributed by atoms with van der Waals surface area (Å²) in [6.07, 6.45) is 0. The molecule has 1 fully saturated rings. The maximum absolute atomic E-state index is 12.9. The molecule has 0 spiro atoms. The number of urea groups is 1. The highest BCUT2D eigenvalue weighted by molar-refractivity contribution is 6.30. The largest absolute Gasteiger partial charge is 0.325 e. The first-order valence-electron chi connectivity index (χ1n) is 7.77. The van der Waals surface area contributed by atoms with E-state index in [1.807, 2.05) is 26.0 Å². The van der Waals surface area contributed by atoms with Crippen molar-refractivity contribution in [1.29, 1.82) is 0 Å². The van der Waals surface area contributed by atoms with E-state index in [-0.39, 0.29) is 18.5 Å². The van der Waals surface area contributed by atoms with Crippen LogP contribution in [0.2, 0.25) is 5.02 Å². The van der Waals surface area contributed by atoms with Crippen LogP contribution in [-0.2, 0) is 16.9 Å². The highest BCUT2D eigenvalue weighted by Crippen LogP contribution is 2.30. The van der Waals surface area contributed by atoms with E-state index in [1.165, 1.54) is 4.90 Å². The van der Waals surface area contributed by atoms with Gasteiger partial charge in [-0.2, -0.15) is 0 Å². The smallest absolute Gasteiger partial charge is 0.319 e. The summed E-state index contributed by atoms with van der Waals surface area (Å²) in [7, 11) is 0. The monoisotopic (exact) mass is 342 g/mol. The number of carbonyl (C=O) groups excluding carboxylic acids is 2. The number of nitrogens with zero attached hydrogens (tertiary/aromatic N) is 1. The molecule has 1 N–H and O–H groups in total. The molecule has 1 aliphatic heterocycles. The molecule has 0 aliphatic carbocycles. The van der Waals surface area contributed by atoms with Gasteiger partial charge >= 0.3 is 6.03 Å². The van der Waals surface area contributed by atoms with Crippen molar-refractivity contribution in [3.63, 3.8) is 0 Å². The predicted molar refractivity (Wildman–Crippen MR) is 93.8 cm³/mol. The highest BCUT2D eigenvalue weighted by Gasteiger charge is 2.48. The number of aryl methyl sites for hydroxylation is 2. The molecule has 1 saturated heterocycles. The second-order valence-corrected chi connectivity index (χ2v) is 6.89. The summed E-state index contributed by atoms with van der Waals surface area (Å²) < 4.78 is 0. The van der Waals surface area contributed by atoms with E-state index >= 15 is 0 Å². The number of hydrogen-bond donors (Lipinski definition) is 1. The molecule has 5 heteroatoms. The Morgan fingerprint density at radius 3 is 2.21 bits per heavy atom. The van der Waals surface area contributed by atoms with Gasteiger partial charge in [0.05, 0.1) is 6.54 Å². The third kappa shape index (κ3) is 2.89. The summed E-state index contributed by atoms with van der Waals surface area (Å²) in [4.78, 5) is 26.6. The normalized spacial score (nSPS) is 20.4. The number of imide groups is 1. The van der Waals surface area contributed by atoms with Gasteiger partial charge in [0.2, 0.25) is 0 Å². The van der Waals surface area contributed by atoms with Gasteiger partial charge in [-0.15, -0.1) is 0 Å². The van der Waals surface area contributed by atoms with Crippen molar-refractivity contribution in [3.05, 3.63) is 69.7 Å². The first-order valence-corrected chi connectivity index (χ1v) is 8.15. The van der Waals surface area contributed by atoms with Gasteiger partial charge in [-0.05, 0) is 44.0 Å². The zero-order valence-corrected chi connectivity index (χ0v) is 14.6. The quantitative estimate of drug-likeness (QED) is 0.859. The number of carbonyl (C=O) groups is 2. The lowest BCUT2D eigenvalue weighted by atomic mass is 9.92. The third-order valence-electron chi connectivity index (χ3n) is 4.32. The highest BCUT2D eigenvalue weighted by atomic mass is 35.5. The summed E-state index contributed by atoms with van der Waals surface area (Å²) in [6, 6.07) is 12.6. The van der Waals surface area contributed by atoms with Crippen LogP contribution in [0.15, 0.2) is 42.5 Å². The van der Waals surface area contributed by atoms with Gasteiger partial charge in [-0.25, -0.2) is 4.79 Å². The summed E-state index contributed by atoms with van der Waals surface area (Å²) in [6.45, 7) is 5.98. The molecule has 0 aromatic heterocycles. The molecule has 124 valence electrons. The molecule has 2 aromatic carbocycles. The minimum Gasteiger partial charge on any atom is -0.319 e. The van der Waals surface area contributed by atoms with E-state index in [4.69, 9.17) is 11.6 Å². The minimum atomic E-state index is -1.07. The summed E-state index contributed by atoms with van der Waals surface area (Å²) in [5, 5.41) is 3.40. The number of hydrogen-bond acceptors (Lipinski definition) is 2. The number of halogens is 1. The van der Waals surface area contributed by atoms with E-state index in [9.17, 15) is 9.59 Å².